The second kappa shape index (κ2) is 2.35. The van der Waals surface area contributed by atoms with Crippen molar-refractivity contribution in [2.75, 3.05) is 0 Å². The monoisotopic (exact) mass is 146 g/mol. The minimum Gasteiger partial charge on any atom is -0.256 e. The van der Waals surface area contributed by atoms with Gasteiger partial charge < -0.3 is 0 Å². The van der Waals surface area contributed by atoms with E-state index in [9.17, 15) is 0 Å². The highest BCUT2D eigenvalue weighted by molar-refractivity contribution is 5.81. The van der Waals surface area contributed by atoms with Gasteiger partial charge in [0.15, 0.2) is 0 Å². The third-order valence-corrected chi connectivity index (χ3v) is 1.65. The molecular formula is C10H9N. The van der Waals surface area contributed by atoms with Crippen LogP contribution in [-0.4, -0.2) is 4.98 Å². The number of nitrogens with zero attached hydrogens (tertiary/aromatic N) is 1. The Hall–Kier alpha value is -1.37. The summed E-state index contributed by atoms with van der Waals surface area (Å²) >= 11 is 0. The van der Waals surface area contributed by atoms with E-state index in [-0.39, 0.29) is 0 Å². The Morgan fingerprint density at radius 2 is 2.18 bits per heavy atom. The van der Waals surface area contributed by atoms with E-state index in [0.29, 0.717) is 10.9 Å². The van der Waals surface area contributed by atoms with Crippen LogP contribution in [0.4, 0.5) is 0 Å². The number of pyridine rings is 1. The molecule has 0 N–H and O–H groups in total. The Labute approximate surface area is 69.9 Å². The first-order valence-electron chi connectivity index (χ1n) is 4.93. The normalized spacial score (nSPS) is 15.5. The van der Waals surface area contributed by atoms with Crippen molar-refractivity contribution in [3.63, 3.8) is 0 Å². The molecule has 0 bridgehead atoms. The zero-order chi connectivity index (χ0) is 10.2. The standard InChI is InChI=1S/C10H9N/c1-8-6-7-11-10-5-3-2-4-9(8)10/h2-7H,1H3/i1D3. The fourth-order valence-electron chi connectivity index (χ4n) is 1.10. The second-order valence-electron chi connectivity index (χ2n) is 2.38. The fraction of sp³-hybridized carbons (Fsp3) is 0.100. The molecule has 0 saturated heterocycles. The molecule has 0 radical (unpaired) electrons. The molecule has 0 saturated carbocycles. The second-order valence-corrected chi connectivity index (χ2v) is 2.38. The number of rotatable bonds is 0. The van der Waals surface area contributed by atoms with Crippen molar-refractivity contribution >= 4 is 10.9 Å². The van der Waals surface area contributed by atoms with Gasteiger partial charge in [0.2, 0.25) is 0 Å². The maximum Gasteiger partial charge on any atom is 0.0704 e. The van der Waals surface area contributed by atoms with Gasteiger partial charge in [-0.05, 0) is 24.5 Å². The molecule has 2 aromatic rings. The fourth-order valence-corrected chi connectivity index (χ4v) is 1.10. The predicted molar refractivity (Wildman–Crippen MR) is 46.5 cm³/mol. The van der Waals surface area contributed by atoms with Crippen molar-refractivity contribution in [3.8, 4) is 0 Å². The third kappa shape index (κ3) is 0.984. The maximum atomic E-state index is 7.36. The molecule has 1 heteroatoms. The van der Waals surface area contributed by atoms with E-state index in [4.69, 9.17) is 4.11 Å². The highest BCUT2D eigenvalue weighted by atomic mass is 14.6. The summed E-state index contributed by atoms with van der Waals surface area (Å²) in [6, 6.07) is 8.81. The van der Waals surface area contributed by atoms with Crippen LogP contribution in [-0.2, 0) is 0 Å². The lowest BCUT2D eigenvalue weighted by atomic mass is 10.1. The molecule has 11 heavy (non-hydrogen) atoms. The first-order chi connectivity index (χ1) is 6.59. The van der Waals surface area contributed by atoms with Crippen molar-refractivity contribution in [1.82, 2.24) is 4.98 Å². The van der Waals surface area contributed by atoms with Crippen molar-refractivity contribution in [2.24, 2.45) is 0 Å². The molecule has 1 nitrogen and oxygen atoms in total. The molecule has 1 heterocycles. The average molecular weight is 146 g/mol. The first-order valence-corrected chi connectivity index (χ1v) is 3.43. The minimum atomic E-state index is -2.07. The molecular weight excluding hydrogens is 134 g/mol. The summed E-state index contributed by atoms with van der Waals surface area (Å²) < 4.78 is 22.1. The lowest BCUT2D eigenvalue weighted by molar-refractivity contribution is 1.37. The van der Waals surface area contributed by atoms with Gasteiger partial charge in [0.1, 0.15) is 0 Å². The van der Waals surface area contributed by atoms with Crippen LogP contribution in [0.3, 0.4) is 0 Å². The summed E-state index contributed by atoms with van der Waals surface area (Å²) in [5.74, 6) is 0. The van der Waals surface area contributed by atoms with Crippen LogP contribution in [0.25, 0.3) is 10.9 Å². The molecule has 0 spiro atoms. The summed E-state index contributed by atoms with van der Waals surface area (Å²) in [6.07, 6.45) is 1.53. The predicted octanol–water partition coefficient (Wildman–Crippen LogP) is 2.54. The van der Waals surface area contributed by atoms with E-state index in [2.05, 4.69) is 4.98 Å². The van der Waals surface area contributed by atoms with Crippen LogP contribution in [0, 0.1) is 6.85 Å². The summed E-state index contributed by atoms with van der Waals surface area (Å²) in [5.41, 5.74) is 1.09. The SMILES string of the molecule is [2H]C([2H])([2H])c1ccnc2ccccc12. The number of benzene rings is 1. The van der Waals surface area contributed by atoms with E-state index in [1.165, 1.54) is 6.20 Å². The molecule has 0 aliphatic heterocycles. The molecule has 0 unspecified atom stereocenters. The van der Waals surface area contributed by atoms with E-state index in [1.807, 2.05) is 18.2 Å². The number of hydrogen-bond acceptors (Lipinski definition) is 1. The van der Waals surface area contributed by atoms with Crippen LogP contribution >= 0.6 is 0 Å². The van der Waals surface area contributed by atoms with Crippen LogP contribution in [0.1, 0.15) is 9.68 Å². The maximum absolute atomic E-state index is 7.36. The zero-order valence-electron chi connectivity index (χ0n) is 8.91. The van der Waals surface area contributed by atoms with E-state index in [0.717, 1.165) is 5.52 Å². The summed E-state index contributed by atoms with van der Waals surface area (Å²) in [4.78, 5) is 4.11. The number of fused-ring (bicyclic) bond motifs is 1. The Morgan fingerprint density at radius 3 is 3.09 bits per heavy atom. The molecule has 1 aromatic carbocycles. The zero-order valence-corrected chi connectivity index (χ0v) is 5.91. The highest BCUT2D eigenvalue weighted by Gasteiger charge is 1.93. The number of para-hydroxylation sites is 1. The van der Waals surface area contributed by atoms with Gasteiger partial charge in [0.25, 0.3) is 0 Å². The van der Waals surface area contributed by atoms with Gasteiger partial charge in [0, 0.05) is 15.7 Å². The molecule has 2 rings (SSSR count). The van der Waals surface area contributed by atoms with E-state index in [1.54, 1.807) is 12.1 Å². The van der Waals surface area contributed by atoms with Gasteiger partial charge in [-0.25, -0.2) is 0 Å². The molecule has 0 atom stereocenters. The van der Waals surface area contributed by atoms with Crippen LogP contribution in [0.2, 0.25) is 0 Å². The average Bonchev–Trinajstić information content (AvgIpc) is 2.15. The topological polar surface area (TPSA) is 12.9 Å². The summed E-state index contributed by atoms with van der Waals surface area (Å²) in [5, 5.41) is 0.704. The molecule has 0 fully saturated rings. The van der Waals surface area contributed by atoms with Crippen LogP contribution in [0.5, 0.6) is 0 Å². The largest absolute Gasteiger partial charge is 0.256 e. The Kier molecular flexibility index (Phi) is 0.824. The molecule has 1 aromatic heterocycles. The van der Waals surface area contributed by atoms with Gasteiger partial charge in [0.05, 0.1) is 5.52 Å². The van der Waals surface area contributed by atoms with Gasteiger partial charge in [-0.15, -0.1) is 0 Å². The lowest BCUT2D eigenvalue weighted by Gasteiger charge is -1.97. The van der Waals surface area contributed by atoms with Crippen molar-refractivity contribution in [1.29, 1.82) is 0 Å². The smallest absolute Gasteiger partial charge is 0.0704 e. The molecule has 0 amide bonds. The number of aryl methyl sites for hydroxylation is 1. The first kappa shape index (κ1) is 3.86. The van der Waals surface area contributed by atoms with Crippen molar-refractivity contribution < 1.29 is 4.11 Å². The molecule has 0 aliphatic carbocycles. The Morgan fingerprint density at radius 1 is 1.27 bits per heavy atom. The molecule has 54 valence electrons. The Balaban J connectivity index is 2.78. The van der Waals surface area contributed by atoms with Crippen LogP contribution < -0.4 is 0 Å². The number of aromatic nitrogens is 1. The summed E-state index contributed by atoms with van der Waals surface area (Å²) in [7, 11) is 0. The molecule has 0 aliphatic rings. The highest BCUT2D eigenvalue weighted by Crippen LogP contribution is 2.13. The lowest BCUT2D eigenvalue weighted by Crippen LogP contribution is -1.79. The van der Waals surface area contributed by atoms with E-state index < -0.39 is 6.85 Å². The van der Waals surface area contributed by atoms with Crippen molar-refractivity contribution in [3.05, 3.63) is 42.1 Å². The van der Waals surface area contributed by atoms with Crippen molar-refractivity contribution in [2.45, 2.75) is 6.85 Å². The third-order valence-electron chi connectivity index (χ3n) is 1.65. The van der Waals surface area contributed by atoms with E-state index >= 15 is 0 Å². The van der Waals surface area contributed by atoms with Crippen LogP contribution in [0.15, 0.2) is 36.5 Å². The summed E-state index contributed by atoms with van der Waals surface area (Å²) in [6.45, 7) is -2.07. The minimum absolute atomic E-state index is 0.364. The quantitative estimate of drug-likeness (QED) is 0.556. The Bertz CT molecular complexity index is 457. The van der Waals surface area contributed by atoms with Gasteiger partial charge in [-0.3, -0.25) is 4.98 Å². The van der Waals surface area contributed by atoms with Gasteiger partial charge in [-0.2, -0.15) is 0 Å². The van der Waals surface area contributed by atoms with Gasteiger partial charge in [-0.1, -0.05) is 18.2 Å². The van der Waals surface area contributed by atoms with Gasteiger partial charge >= 0.3 is 0 Å². The number of hydrogen-bond donors (Lipinski definition) is 0.